The molecule has 0 saturated carbocycles. The van der Waals surface area contributed by atoms with Gasteiger partial charge in [0.15, 0.2) is 6.61 Å². The molecule has 0 bridgehead atoms. The minimum Gasteiger partial charge on any atom is -0.452 e. The maximum atomic E-state index is 12.1. The first kappa shape index (κ1) is 19.2. The van der Waals surface area contributed by atoms with Crippen LogP contribution >= 0.6 is 11.8 Å². The lowest BCUT2D eigenvalue weighted by Gasteiger charge is -2.10. The van der Waals surface area contributed by atoms with E-state index in [-0.39, 0.29) is 18.3 Å². The van der Waals surface area contributed by atoms with E-state index < -0.39 is 5.97 Å². The van der Waals surface area contributed by atoms with Crippen molar-refractivity contribution in [3.8, 4) is 0 Å². The van der Waals surface area contributed by atoms with Crippen molar-refractivity contribution >= 4 is 29.4 Å². The molecule has 0 aliphatic carbocycles. The Morgan fingerprint density at radius 2 is 1.91 bits per heavy atom. The van der Waals surface area contributed by atoms with Crippen molar-refractivity contribution in [1.82, 2.24) is 5.32 Å². The van der Waals surface area contributed by atoms with Gasteiger partial charge in [-0.25, -0.2) is 4.79 Å². The van der Waals surface area contributed by atoms with Crippen molar-refractivity contribution in [2.75, 3.05) is 18.9 Å². The van der Waals surface area contributed by atoms with Crippen LogP contribution in [-0.4, -0.2) is 36.6 Å². The second-order valence-electron chi connectivity index (χ2n) is 5.60. The molecular weight excluding hydrogens is 314 g/mol. The Morgan fingerprint density at radius 1 is 1.22 bits per heavy atom. The largest absolute Gasteiger partial charge is 0.452 e. The molecule has 0 aliphatic rings. The number of thioether (sulfide) groups is 1. The number of hydrogen-bond donors (Lipinski definition) is 1. The first-order chi connectivity index (χ1) is 10.9. The fourth-order valence-electron chi connectivity index (χ4n) is 1.70. The number of rotatable bonds is 9. The Bertz CT molecular complexity index is 557. The van der Waals surface area contributed by atoms with Crippen LogP contribution in [0.2, 0.25) is 0 Å². The van der Waals surface area contributed by atoms with E-state index in [2.05, 4.69) is 19.2 Å². The number of ketones is 1. The summed E-state index contributed by atoms with van der Waals surface area (Å²) in [6.07, 6.45) is 0.879. The van der Waals surface area contributed by atoms with Crippen LogP contribution in [0.3, 0.4) is 0 Å². The Morgan fingerprint density at radius 3 is 2.57 bits per heavy atom. The second kappa shape index (κ2) is 10.0. The molecule has 0 aliphatic heterocycles. The summed E-state index contributed by atoms with van der Waals surface area (Å²) in [7, 11) is 0. The van der Waals surface area contributed by atoms with E-state index in [0.717, 1.165) is 6.42 Å². The van der Waals surface area contributed by atoms with Crippen LogP contribution in [0.4, 0.5) is 0 Å². The summed E-state index contributed by atoms with van der Waals surface area (Å²) in [5.74, 6) is -0.0470. The second-order valence-corrected chi connectivity index (χ2v) is 6.61. The number of esters is 1. The minimum absolute atomic E-state index is 0.0303. The lowest BCUT2D eigenvalue weighted by Crippen LogP contribution is -2.30. The molecule has 0 unspecified atom stereocenters. The van der Waals surface area contributed by atoms with Crippen LogP contribution in [0.5, 0.6) is 0 Å². The zero-order valence-corrected chi connectivity index (χ0v) is 14.6. The first-order valence-corrected chi connectivity index (χ1v) is 8.53. The molecule has 1 aromatic rings. The molecule has 0 spiro atoms. The van der Waals surface area contributed by atoms with E-state index in [1.807, 2.05) is 0 Å². The molecule has 0 aromatic heterocycles. The number of hydrogen-bond acceptors (Lipinski definition) is 5. The Labute approximate surface area is 141 Å². The normalized spacial score (nSPS) is 10.4. The van der Waals surface area contributed by atoms with Gasteiger partial charge in [0.2, 0.25) is 0 Å². The standard InChI is InChI=1S/C17H23NO4S/c1-12(2)8-9-18-16(20)10-22-17(21)14-6-4-5-7-15(14)23-11-13(3)19/h4-7,12H,8-11H2,1-3H3,(H,18,20). The third-order valence-corrected chi connectivity index (χ3v) is 4.13. The molecule has 1 rings (SSSR count). The number of ether oxygens (including phenoxy) is 1. The molecule has 1 amide bonds. The maximum absolute atomic E-state index is 12.1. The Kier molecular flexibility index (Phi) is 8.40. The van der Waals surface area contributed by atoms with Crippen molar-refractivity contribution in [2.24, 2.45) is 5.92 Å². The van der Waals surface area contributed by atoms with Crippen molar-refractivity contribution in [3.63, 3.8) is 0 Å². The fourth-order valence-corrected chi connectivity index (χ4v) is 2.54. The minimum atomic E-state index is -0.560. The van der Waals surface area contributed by atoms with Gasteiger partial charge in [-0.3, -0.25) is 9.59 Å². The number of Topliss-reactive ketones (excluding diaryl/α,β-unsaturated/α-hetero) is 1. The molecule has 23 heavy (non-hydrogen) atoms. The molecule has 5 nitrogen and oxygen atoms in total. The zero-order valence-electron chi connectivity index (χ0n) is 13.8. The zero-order chi connectivity index (χ0) is 17.2. The summed E-state index contributed by atoms with van der Waals surface area (Å²) >= 11 is 1.28. The van der Waals surface area contributed by atoms with Gasteiger partial charge in [-0.05, 0) is 31.4 Å². The van der Waals surface area contributed by atoms with Gasteiger partial charge in [-0.15, -0.1) is 11.8 Å². The summed E-state index contributed by atoms with van der Waals surface area (Å²) in [6, 6.07) is 6.89. The predicted molar refractivity (Wildman–Crippen MR) is 90.6 cm³/mol. The van der Waals surface area contributed by atoms with E-state index in [0.29, 0.717) is 28.7 Å². The van der Waals surface area contributed by atoms with Crippen LogP contribution in [0.1, 0.15) is 37.6 Å². The average molecular weight is 337 g/mol. The Hall–Kier alpha value is -1.82. The van der Waals surface area contributed by atoms with Crippen LogP contribution in [0.15, 0.2) is 29.2 Å². The van der Waals surface area contributed by atoms with Crippen LogP contribution < -0.4 is 5.32 Å². The third kappa shape index (κ3) is 7.83. The van der Waals surface area contributed by atoms with Crippen LogP contribution in [0, 0.1) is 5.92 Å². The number of carbonyl (C=O) groups excluding carboxylic acids is 3. The quantitative estimate of drug-likeness (QED) is 0.554. The van der Waals surface area contributed by atoms with Gasteiger partial charge in [0.05, 0.1) is 11.3 Å². The van der Waals surface area contributed by atoms with Gasteiger partial charge in [0.25, 0.3) is 5.91 Å². The highest BCUT2D eigenvalue weighted by Gasteiger charge is 2.14. The first-order valence-electron chi connectivity index (χ1n) is 7.55. The molecule has 0 atom stereocenters. The molecule has 0 radical (unpaired) electrons. The molecule has 0 fully saturated rings. The smallest absolute Gasteiger partial charge is 0.339 e. The topological polar surface area (TPSA) is 72.5 Å². The molecule has 0 heterocycles. The van der Waals surface area contributed by atoms with E-state index >= 15 is 0 Å². The van der Waals surface area contributed by atoms with E-state index in [4.69, 9.17) is 4.74 Å². The Balaban J connectivity index is 2.51. The number of carbonyl (C=O) groups is 3. The highest BCUT2D eigenvalue weighted by atomic mass is 32.2. The fraction of sp³-hybridized carbons (Fsp3) is 0.471. The van der Waals surface area contributed by atoms with Crippen LogP contribution in [-0.2, 0) is 14.3 Å². The molecule has 6 heteroatoms. The van der Waals surface area contributed by atoms with Gasteiger partial charge >= 0.3 is 5.97 Å². The maximum Gasteiger partial charge on any atom is 0.339 e. The lowest BCUT2D eigenvalue weighted by atomic mass is 10.1. The lowest BCUT2D eigenvalue weighted by molar-refractivity contribution is -0.124. The SMILES string of the molecule is CC(=O)CSc1ccccc1C(=O)OCC(=O)NCCC(C)C. The highest BCUT2D eigenvalue weighted by molar-refractivity contribution is 8.00. The van der Waals surface area contributed by atoms with Gasteiger partial charge in [-0.2, -0.15) is 0 Å². The summed E-state index contributed by atoms with van der Waals surface area (Å²) in [6.45, 7) is 5.90. The van der Waals surface area contributed by atoms with E-state index in [1.165, 1.54) is 18.7 Å². The molecule has 1 N–H and O–H groups in total. The number of nitrogens with one attached hydrogen (secondary N) is 1. The molecule has 1 aromatic carbocycles. The molecule has 126 valence electrons. The molecule has 0 saturated heterocycles. The highest BCUT2D eigenvalue weighted by Crippen LogP contribution is 2.23. The summed E-state index contributed by atoms with van der Waals surface area (Å²) in [5, 5.41) is 2.71. The number of amides is 1. The summed E-state index contributed by atoms with van der Waals surface area (Å²) < 4.78 is 5.05. The van der Waals surface area contributed by atoms with Gasteiger partial charge < -0.3 is 10.1 Å². The summed E-state index contributed by atoms with van der Waals surface area (Å²) in [4.78, 5) is 35.5. The van der Waals surface area contributed by atoms with Gasteiger partial charge in [-0.1, -0.05) is 26.0 Å². The van der Waals surface area contributed by atoms with Gasteiger partial charge in [0, 0.05) is 11.4 Å². The van der Waals surface area contributed by atoms with E-state index in [9.17, 15) is 14.4 Å². The average Bonchev–Trinajstić information content (AvgIpc) is 2.50. The monoisotopic (exact) mass is 337 g/mol. The van der Waals surface area contributed by atoms with Crippen LogP contribution in [0.25, 0.3) is 0 Å². The predicted octanol–water partition coefficient (Wildman–Crippen LogP) is 2.69. The third-order valence-electron chi connectivity index (χ3n) is 2.92. The van der Waals surface area contributed by atoms with Gasteiger partial charge in [0.1, 0.15) is 5.78 Å². The summed E-state index contributed by atoms with van der Waals surface area (Å²) in [5.41, 5.74) is 0.369. The number of benzene rings is 1. The molecular formula is C17H23NO4S. The van der Waals surface area contributed by atoms with Crippen molar-refractivity contribution in [1.29, 1.82) is 0 Å². The van der Waals surface area contributed by atoms with Crippen molar-refractivity contribution in [2.45, 2.75) is 32.1 Å². The van der Waals surface area contributed by atoms with E-state index in [1.54, 1.807) is 24.3 Å². The van der Waals surface area contributed by atoms with Crippen molar-refractivity contribution in [3.05, 3.63) is 29.8 Å². The van der Waals surface area contributed by atoms with Crippen molar-refractivity contribution < 1.29 is 19.1 Å².